The lowest BCUT2D eigenvalue weighted by Crippen LogP contribution is -2.25. The smallest absolute Gasteiger partial charge is 0.227 e. The van der Waals surface area contributed by atoms with Crippen LogP contribution in [0, 0.1) is 5.92 Å². The van der Waals surface area contributed by atoms with Gasteiger partial charge in [-0.1, -0.05) is 49.6 Å². The van der Waals surface area contributed by atoms with Gasteiger partial charge in [0.15, 0.2) is 0 Å². The Morgan fingerprint density at radius 2 is 1.89 bits per heavy atom. The Kier molecular flexibility index (Phi) is 8.82. The maximum absolute atomic E-state index is 11.9. The third kappa shape index (κ3) is 6.85. The van der Waals surface area contributed by atoms with Crippen molar-refractivity contribution in [3.63, 3.8) is 0 Å². The van der Waals surface area contributed by atoms with E-state index in [0.717, 1.165) is 49.2 Å². The number of rotatable bonds is 10. The maximum Gasteiger partial charge on any atom is 0.227 e. The first-order chi connectivity index (χ1) is 13.4. The molecule has 1 saturated heterocycles. The number of hydrogen-bond donors (Lipinski definition) is 0. The van der Waals surface area contributed by atoms with Gasteiger partial charge in [0, 0.05) is 38.0 Å². The molecule has 1 heterocycles. The van der Waals surface area contributed by atoms with Crippen molar-refractivity contribution in [2.24, 2.45) is 5.92 Å². The molecule has 154 valence electrons. The van der Waals surface area contributed by atoms with Gasteiger partial charge in [0.25, 0.3) is 0 Å². The average molecular weight is 383 g/mol. The van der Waals surface area contributed by atoms with Crippen molar-refractivity contribution in [2.75, 3.05) is 20.1 Å². The molecule has 28 heavy (non-hydrogen) atoms. The molecule has 1 amide bonds. The summed E-state index contributed by atoms with van der Waals surface area (Å²) < 4.78 is 0. The minimum absolute atomic E-state index is 0.179. The summed E-state index contributed by atoms with van der Waals surface area (Å²) in [5, 5.41) is 0. The highest BCUT2D eigenvalue weighted by atomic mass is 16.2. The van der Waals surface area contributed by atoms with Gasteiger partial charge in [-0.2, -0.15) is 0 Å². The van der Waals surface area contributed by atoms with Crippen molar-refractivity contribution in [3.8, 4) is 0 Å². The Morgan fingerprint density at radius 1 is 1.14 bits per heavy atom. The number of nitrogens with zero attached hydrogens (tertiary/aromatic N) is 2. The zero-order valence-corrected chi connectivity index (χ0v) is 17.8. The van der Waals surface area contributed by atoms with E-state index < -0.39 is 0 Å². The van der Waals surface area contributed by atoms with E-state index in [0.29, 0.717) is 18.9 Å². The lowest BCUT2D eigenvalue weighted by Gasteiger charge is -2.27. The van der Waals surface area contributed by atoms with Crippen LogP contribution in [0.2, 0.25) is 0 Å². The molecule has 0 aromatic rings. The van der Waals surface area contributed by atoms with Gasteiger partial charge in [0.05, 0.1) is 0 Å². The van der Waals surface area contributed by atoms with E-state index in [1.807, 2.05) is 0 Å². The highest BCUT2D eigenvalue weighted by Gasteiger charge is 2.24. The molecule has 0 N–H and O–H groups in total. The summed E-state index contributed by atoms with van der Waals surface area (Å²) in [5.41, 5.74) is 4.52. The molecule has 0 radical (unpaired) electrons. The first-order valence-corrected chi connectivity index (χ1v) is 10.7. The van der Waals surface area contributed by atoms with Crippen LogP contribution < -0.4 is 0 Å². The Bertz CT molecular complexity index is 627. The molecule has 1 unspecified atom stereocenters. The third-order valence-electron chi connectivity index (χ3n) is 6.02. The molecule has 3 heteroatoms. The number of hydrogen-bond acceptors (Lipinski definition) is 2. The number of likely N-dealkylation sites (N-methyl/N-ethyl adjacent to an activating group) is 1. The molecule has 0 aromatic heterocycles. The first-order valence-electron chi connectivity index (χ1n) is 10.7. The van der Waals surface area contributed by atoms with Gasteiger partial charge < -0.3 is 9.80 Å². The zero-order valence-electron chi connectivity index (χ0n) is 17.8. The molecule has 2 rings (SSSR count). The largest absolute Gasteiger partial charge is 0.374 e. The van der Waals surface area contributed by atoms with E-state index in [1.165, 1.54) is 37.7 Å². The molecule has 0 bridgehead atoms. The van der Waals surface area contributed by atoms with Crippen LogP contribution in [0.1, 0.15) is 64.2 Å². The zero-order chi connectivity index (χ0) is 20.5. The second-order valence-corrected chi connectivity index (χ2v) is 8.41. The summed E-state index contributed by atoms with van der Waals surface area (Å²) in [7, 11) is 2.12. The summed E-state index contributed by atoms with van der Waals surface area (Å²) in [4.78, 5) is 15.9. The fourth-order valence-electron chi connectivity index (χ4n) is 4.05. The molecular formula is C25H38N2O. The van der Waals surface area contributed by atoms with Crippen LogP contribution in [0.25, 0.3) is 0 Å². The van der Waals surface area contributed by atoms with Crippen molar-refractivity contribution in [1.82, 2.24) is 9.80 Å². The summed E-state index contributed by atoms with van der Waals surface area (Å²) in [6, 6.07) is 0. The van der Waals surface area contributed by atoms with E-state index in [2.05, 4.69) is 50.4 Å². The van der Waals surface area contributed by atoms with Crippen LogP contribution in [0.15, 0.2) is 61.0 Å². The molecule has 0 spiro atoms. The normalized spacial score (nSPS) is 21.2. The molecule has 1 aliphatic heterocycles. The van der Waals surface area contributed by atoms with Crippen LogP contribution in [-0.4, -0.2) is 35.8 Å². The molecule has 1 aliphatic carbocycles. The average Bonchev–Trinajstić information content (AvgIpc) is 2.93. The summed E-state index contributed by atoms with van der Waals surface area (Å²) >= 11 is 0. The second kappa shape index (κ2) is 11.1. The van der Waals surface area contributed by atoms with Crippen molar-refractivity contribution in [1.29, 1.82) is 0 Å². The molecular weight excluding hydrogens is 344 g/mol. The Morgan fingerprint density at radius 3 is 2.61 bits per heavy atom. The fourth-order valence-corrected chi connectivity index (χ4v) is 4.05. The standard InChI is InChI=1S/C25H38N2O/c1-20(18-27-23(4)16-17-25(27)28)12-11-13-22(3)26(5)19-21(2)24-14-9-7-6-8-10-15-24/h6-7,24H,1-4,8-19H2,5H3/b7-6+. The second-order valence-electron chi connectivity index (χ2n) is 8.41. The molecule has 1 fully saturated rings. The van der Waals surface area contributed by atoms with Crippen LogP contribution in [0.4, 0.5) is 0 Å². The van der Waals surface area contributed by atoms with Crippen LogP contribution in [0.3, 0.4) is 0 Å². The lowest BCUT2D eigenvalue weighted by molar-refractivity contribution is -0.126. The molecule has 3 nitrogen and oxygen atoms in total. The van der Waals surface area contributed by atoms with E-state index >= 15 is 0 Å². The van der Waals surface area contributed by atoms with E-state index in [1.54, 1.807) is 4.90 Å². The van der Waals surface area contributed by atoms with Crippen LogP contribution >= 0.6 is 0 Å². The number of allylic oxidation sites excluding steroid dienone is 4. The Labute approximate surface area is 172 Å². The number of carbonyl (C=O) groups is 1. The predicted molar refractivity (Wildman–Crippen MR) is 120 cm³/mol. The quantitative estimate of drug-likeness (QED) is 0.433. The van der Waals surface area contributed by atoms with Gasteiger partial charge >= 0.3 is 0 Å². The van der Waals surface area contributed by atoms with Gasteiger partial charge in [-0.3, -0.25) is 4.79 Å². The molecule has 1 atom stereocenters. The molecule has 0 saturated carbocycles. The van der Waals surface area contributed by atoms with Crippen molar-refractivity contribution in [3.05, 3.63) is 61.0 Å². The highest BCUT2D eigenvalue weighted by molar-refractivity contribution is 5.81. The minimum Gasteiger partial charge on any atom is -0.374 e. The number of likely N-dealkylation sites (tertiary alicyclic amines) is 1. The van der Waals surface area contributed by atoms with Crippen molar-refractivity contribution >= 4 is 5.91 Å². The van der Waals surface area contributed by atoms with Crippen LogP contribution in [0.5, 0.6) is 0 Å². The number of amides is 1. The monoisotopic (exact) mass is 382 g/mol. The van der Waals surface area contributed by atoms with E-state index in [-0.39, 0.29) is 5.91 Å². The molecule has 0 aromatic carbocycles. The summed E-state index contributed by atoms with van der Waals surface area (Å²) in [6.07, 6.45) is 15.0. The van der Waals surface area contributed by atoms with Crippen LogP contribution in [-0.2, 0) is 4.79 Å². The summed E-state index contributed by atoms with van der Waals surface area (Å²) in [5.74, 6) is 0.810. The maximum atomic E-state index is 11.9. The lowest BCUT2D eigenvalue weighted by atomic mass is 9.88. The van der Waals surface area contributed by atoms with Gasteiger partial charge in [0.1, 0.15) is 0 Å². The van der Waals surface area contributed by atoms with Gasteiger partial charge in [-0.05, 0) is 63.7 Å². The number of carbonyl (C=O) groups excluding carboxylic acids is 1. The highest BCUT2D eigenvalue weighted by Crippen LogP contribution is 2.27. The molecule has 2 aliphatic rings. The predicted octanol–water partition coefficient (Wildman–Crippen LogP) is 5.99. The SMILES string of the molecule is C=C(CCCC(=C)N(C)CC(=C)C1CC/C=C/CCC1)CN1C(=C)CCC1=O. The topological polar surface area (TPSA) is 23.6 Å². The Balaban J connectivity index is 1.68. The van der Waals surface area contributed by atoms with Gasteiger partial charge in [-0.25, -0.2) is 0 Å². The fraction of sp³-hybridized carbons (Fsp3) is 0.560. The van der Waals surface area contributed by atoms with E-state index in [4.69, 9.17) is 0 Å². The van der Waals surface area contributed by atoms with Crippen molar-refractivity contribution in [2.45, 2.75) is 64.2 Å². The van der Waals surface area contributed by atoms with Gasteiger partial charge in [0.2, 0.25) is 5.91 Å². The Hall–Kier alpha value is -2.03. The third-order valence-corrected chi connectivity index (χ3v) is 6.02. The van der Waals surface area contributed by atoms with E-state index in [9.17, 15) is 4.79 Å². The first kappa shape index (κ1) is 22.3. The van der Waals surface area contributed by atoms with Crippen molar-refractivity contribution < 1.29 is 4.79 Å². The summed E-state index contributed by atoms with van der Waals surface area (Å²) in [6.45, 7) is 18.3. The minimum atomic E-state index is 0.179. The van der Waals surface area contributed by atoms with Gasteiger partial charge in [-0.15, -0.1) is 0 Å².